The van der Waals surface area contributed by atoms with Crippen LogP contribution in [0.1, 0.15) is 23.4 Å². The summed E-state index contributed by atoms with van der Waals surface area (Å²) in [4.78, 5) is 7.48. The van der Waals surface area contributed by atoms with Gasteiger partial charge in [-0.05, 0) is 18.2 Å². The van der Waals surface area contributed by atoms with E-state index < -0.39 is 17.5 Å². The van der Waals surface area contributed by atoms with Crippen LogP contribution in [0.15, 0.2) is 36.7 Å². The number of aliphatic hydroxyl groups is 1. The summed E-state index contributed by atoms with van der Waals surface area (Å²) in [5, 5.41) is 10.8. The highest BCUT2D eigenvalue weighted by Gasteiger charge is 2.40. The minimum absolute atomic E-state index is 0.198. The highest BCUT2D eigenvalue weighted by atomic mass is 19.4. The lowest BCUT2D eigenvalue weighted by Gasteiger charge is -2.33. The predicted molar refractivity (Wildman–Crippen MR) is 66.6 cm³/mol. The van der Waals surface area contributed by atoms with E-state index in [2.05, 4.69) is 9.97 Å². The fraction of sp³-hybridized carbons (Fsp3) is 0.286. The molecule has 0 bridgehead atoms. The van der Waals surface area contributed by atoms with Crippen LogP contribution in [0.5, 0.6) is 5.75 Å². The summed E-state index contributed by atoms with van der Waals surface area (Å²) in [5.41, 5.74) is -1.94. The number of halogens is 3. The number of pyridine rings is 2. The van der Waals surface area contributed by atoms with Crippen LogP contribution >= 0.6 is 0 Å². The number of ether oxygens (including phenoxy) is 1. The second-order valence-corrected chi connectivity index (χ2v) is 4.74. The van der Waals surface area contributed by atoms with Gasteiger partial charge in [0.15, 0.2) is 0 Å². The summed E-state index contributed by atoms with van der Waals surface area (Å²) in [5.74, 6) is 0.422. The van der Waals surface area contributed by atoms with E-state index in [4.69, 9.17) is 4.74 Å². The zero-order valence-electron chi connectivity index (χ0n) is 10.8. The number of fused-ring (bicyclic) bond motifs is 1. The molecule has 21 heavy (non-hydrogen) atoms. The average molecular weight is 296 g/mol. The normalized spacial score (nSPS) is 21.5. The molecule has 0 aromatic carbocycles. The highest BCUT2D eigenvalue weighted by molar-refractivity contribution is 5.41. The summed E-state index contributed by atoms with van der Waals surface area (Å²) in [6.07, 6.45) is -1.78. The Morgan fingerprint density at radius 2 is 2.00 bits per heavy atom. The maximum atomic E-state index is 12.5. The van der Waals surface area contributed by atoms with Gasteiger partial charge in [-0.3, -0.25) is 9.97 Å². The molecule has 3 rings (SSSR count). The van der Waals surface area contributed by atoms with Crippen LogP contribution in [0.4, 0.5) is 13.2 Å². The summed E-state index contributed by atoms with van der Waals surface area (Å²) in [6.45, 7) is 0.246. The van der Waals surface area contributed by atoms with Crippen LogP contribution in [0, 0.1) is 0 Å². The van der Waals surface area contributed by atoms with Gasteiger partial charge < -0.3 is 9.84 Å². The maximum absolute atomic E-state index is 12.5. The van der Waals surface area contributed by atoms with Crippen molar-refractivity contribution in [3.05, 3.63) is 53.6 Å². The first-order valence-electron chi connectivity index (χ1n) is 6.26. The molecule has 0 amide bonds. The number of nitrogens with zero attached hydrogens (tertiary/aromatic N) is 2. The lowest BCUT2D eigenvalue weighted by molar-refractivity contribution is -0.141. The molecule has 1 N–H and O–H groups in total. The van der Waals surface area contributed by atoms with Gasteiger partial charge in [-0.25, -0.2) is 0 Å². The number of hydrogen-bond acceptors (Lipinski definition) is 4. The molecule has 3 heterocycles. The van der Waals surface area contributed by atoms with E-state index >= 15 is 0 Å². The summed E-state index contributed by atoms with van der Waals surface area (Å²) in [6, 6.07) is 5.39. The van der Waals surface area contributed by atoms with Gasteiger partial charge in [0, 0.05) is 24.4 Å². The predicted octanol–water partition coefficient (Wildman–Crippen LogP) is 2.51. The quantitative estimate of drug-likeness (QED) is 0.878. The van der Waals surface area contributed by atoms with Crippen molar-refractivity contribution in [2.75, 3.05) is 6.61 Å². The Morgan fingerprint density at radius 3 is 2.67 bits per heavy atom. The van der Waals surface area contributed by atoms with Crippen LogP contribution in [0.25, 0.3) is 0 Å². The molecule has 0 saturated heterocycles. The van der Waals surface area contributed by atoms with E-state index in [9.17, 15) is 18.3 Å². The van der Waals surface area contributed by atoms with Crippen molar-refractivity contribution in [3.8, 4) is 5.75 Å². The Kier molecular flexibility index (Phi) is 3.09. The van der Waals surface area contributed by atoms with Crippen molar-refractivity contribution in [1.82, 2.24) is 9.97 Å². The summed E-state index contributed by atoms with van der Waals surface area (Å²) >= 11 is 0. The summed E-state index contributed by atoms with van der Waals surface area (Å²) < 4.78 is 43.0. The van der Waals surface area contributed by atoms with Gasteiger partial charge in [-0.1, -0.05) is 6.07 Å². The molecule has 7 heteroatoms. The molecule has 1 unspecified atom stereocenters. The van der Waals surface area contributed by atoms with Gasteiger partial charge in [0.2, 0.25) is 0 Å². The molecular formula is C14H11F3N2O2. The minimum Gasteiger partial charge on any atom is -0.491 e. The van der Waals surface area contributed by atoms with Crippen LogP contribution in [-0.2, 0) is 11.8 Å². The molecule has 1 aliphatic rings. The molecule has 0 spiro atoms. The molecular weight excluding hydrogens is 285 g/mol. The minimum atomic E-state index is -4.51. The Bertz CT molecular complexity index is 658. The van der Waals surface area contributed by atoms with Crippen LogP contribution in [0.3, 0.4) is 0 Å². The van der Waals surface area contributed by atoms with Crippen molar-refractivity contribution in [3.63, 3.8) is 0 Å². The Balaban J connectivity index is 2.04. The number of alkyl halides is 3. The van der Waals surface area contributed by atoms with Crippen molar-refractivity contribution in [1.29, 1.82) is 0 Å². The molecule has 2 aromatic heterocycles. The topological polar surface area (TPSA) is 55.2 Å². The summed E-state index contributed by atoms with van der Waals surface area (Å²) in [7, 11) is 0. The van der Waals surface area contributed by atoms with Gasteiger partial charge in [0.05, 0.1) is 6.61 Å². The van der Waals surface area contributed by atoms with E-state index in [1.54, 1.807) is 12.1 Å². The molecule has 4 nitrogen and oxygen atoms in total. The fourth-order valence-corrected chi connectivity index (χ4v) is 2.33. The molecule has 1 aliphatic heterocycles. The van der Waals surface area contributed by atoms with Crippen molar-refractivity contribution in [2.45, 2.75) is 18.2 Å². The lowest BCUT2D eigenvalue weighted by Crippen LogP contribution is -2.35. The van der Waals surface area contributed by atoms with Crippen molar-refractivity contribution in [2.24, 2.45) is 0 Å². The SMILES string of the molecule is OC1(c2ccc(C(F)(F)F)nc2)CCOc2cccnc21. The molecule has 0 saturated carbocycles. The Hall–Kier alpha value is -2.15. The van der Waals surface area contributed by atoms with Gasteiger partial charge >= 0.3 is 6.18 Å². The van der Waals surface area contributed by atoms with Crippen LogP contribution in [-0.4, -0.2) is 21.7 Å². The van der Waals surface area contributed by atoms with Crippen molar-refractivity contribution >= 4 is 0 Å². The van der Waals surface area contributed by atoms with Crippen LogP contribution in [0.2, 0.25) is 0 Å². The molecule has 0 fully saturated rings. The molecule has 0 aliphatic carbocycles. The largest absolute Gasteiger partial charge is 0.491 e. The smallest absolute Gasteiger partial charge is 0.433 e. The first-order chi connectivity index (χ1) is 9.91. The third-order valence-corrected chi connectivity index (χ3v) is 3.42. The van der Waals surface area contributed by atoms with Gasteiger partial charge in [-0.2, -0.15) is 13.2 Å². The maximum Gasteiger partial charge on any atom is 0.433 e. The van der Waals surface area contributed by atoms with Crippen LogP contribution < -0.4 is 4.74 Å². The zero-order valence-corrected chi connectivity index (χ0v) is 10.8. The third kappa shape index (κ3) is 2.33. The second-order valence-electron chi connectivity index (χ2n) is 4.74. The number of aromatic nitrogens is 2. The van der Waals surface area contributed by atoms with E-state index in [0.717, 1.165) is 12.3 Å². The second kappa shape index (κ2) is 4.70. The van der Waals surface area contributed by atoms with Gasteiger partial charge in [-0.15, -0.1) is 0 Å². The molecule has 1 atom stereocenters. The first kappa shape index (κ1) is 13.8. The molecule has 2 aromatic rings. The number of hydrogen-bond donors (Lipinski definition) is 1. The molecule has 0 radical (unpaired) electrons. The Labute approximate surface area is 118 Å². The number of rotatable bonds is 1. The van der Waals surface area contributed by atoms with E-state index in [1.807, 2.05) is 0 Å². The lowest BCUT2D eigenvalue weighted by atomic mass is 9.86. The molecule has 110 valence electrons. The van der Waals surface area contributed by atoms with Gasteiger partial charge in [0.1, 0.15) is 22.7 Å². The third-order valence-electron chi connectivity index (χ3n) is 3.42. The van der Waals surface area contributed by atoms with E-state index in [1.165, 1.54) is 12.3 Å². The average Bonchev–Trinajstić information content (AvgIpc) is 2.47. The standard InChI is InChI=1S/C14H11F3N2O2/c15-14(16,17)11-4-3-9(8-19-11)13(20)5-7-21-10-2-1-6-18-12(10)13/h1-4,6,8,20H,5,7H2. The first-order valence-corrected chi connectivity index (χ1v) is 6.26. The van der Waals surface area contributed by atoms with E-state index in [-0.39, 0.29) is 24.3 Å². The fourth-order valence-electron chi connectivity index (χ4n) is 2.33. The van der Waals surface area contributed by atoms with Gasteiger partial charge in [0.25, 0.3) is 0 Å². The zero-order chi connectivity index (χ0) is 15.1. The van der Waals surface area contributed by atoms with E-state index in [0.29, 0.717) is 5.75 Å². The Morgan fingerprint density at radius 1 is 1.19 bits per heavy atom. The van der Waals surface area contributed by atoms with Crippen molar-refractivity contribution < 1.29 is 23.0 Å². The monoisotopic (exact) mass is 296 g/mol. The highest BCUT2D eigenvalue weighted by Crippen LogP contribution is 2.40.